The summed E-state index contributed by atoms with van der Waals surface area (Å²) < 4.78 is 6.75. The number of carbonyl (C=O) groups excluding carboxylic acids is 1. The van der Waals surface area contributed by atoms with E-state index >= 15 is 0 Å². The van der Waals surface area contributed by atoms with Gasteiger partial charge in [0, 0.05) is 24.9 Å². The van der Waals surface area contributed by atoms with E-state index in [0.29, 0.717) is 37.7 Å². The average Bonchev–Trinajstić information content (AvgIpc) is 3.28. The predicted molar refractivity (Wildman–Crippen MR) is 109 cm³/mol. The molecule has 3 heterocycles. The maximum absolute atomic E-state index is 13.0. The quantitative estimate of drug-likeness (QED) is 0.644. The molecule has 2 aliphatic rings. The van der Waals surface area contributed by atoms with E-state index < -0.39 is 0 Å². The maximum Gasteiger partial charge on any atom is 0.244 e. The molecule has 156 valence electrons. The van der Waals surface area contributed by atoms with E-state index in [1.54, 1.807) is 10.9 Å². The topological polar surface area (TPSA) is 103 Å². The van der Waals surface area contributed by atoms with Crippen LogP contribution >= 0.6 is 0 Å². The van der Waals surface area contributed by atoms with Crippen molar-refractivity contribution in [2.75, 3.05) is 6.54 Å². The number of rotatable bonds is 7. The molecule has 1 fully saturated rings. The summed E-state index contributed by atoms with van der Waals surface area (Å²) in [6, 6.07) is 9.80. The van der Waals surface area contributed by atoms with Crippen LogP contribution < -0.4 is 5.73 Å². The third-order valence-electron chi connectivity index (χ3n) is 5.89. The van der Waals surface area contributed by atoms with Crippen molar-refractivity contribution < 1.29 is 9.32 Å². The molecule has 5 rings (SSSR count). The summed E-state index contributed by atoms with van der Waals surface area (Å²) in [5.74, 6) is 2.16. The lowest BCUT2D eigenvalue weighted by atomic mass is 10.1. The fraction of sp³-hybridized carbons (Fsp3) is 0.455. The fourth-order valence-electron chi connectivity index (χ4n) is 4.00. The Morgan fingerprint density at radius 2 is 2.10 bits per heavy atom. The smallest absolute Gasteiger partial charge is 0.244 e. The Bertz CT molecular complexity index is 1020. The lowest BCUT2D eigenvalue weighted by molar-refractivity contribution is -0.133. The molecule has 2 aromatic heterocycles. The number of hydrogen-bond donors (Lipinski definition) is 1. The van der Waals surface area contributed by atoms with E-state index in [-0.39, 0.29) is 18.5 Å². The van der Waals surface area contributed by atoms with Crippen molar-refractivity contribution in [3.05, 3.63) is 65.1 Å². The van der Waals surface area contributed by atoms with Gasteiger partial charge in [-0.05, 0) is 30.7 Å². The van der Waals surface area contributed by atoms with Crippen molar-refractivity contribution >= 4 is 5.91 Å². The lowest BCUT2D eigenvalue weighted by Gasteiger charge is -2.26. The van der Waals surface area contributed by atoms with Crippen LogP contribution in [0.15, 0.2) is 41.1 Å². The largest absolute Gasteiger partial charge is 0.364 e. The van der Waals surface area contributed by atoms with Gasteiger partial charge < -0.3 is 15.2 Å². The SMILES string of the molecule is NC(Cc1ccccc1)c1nc(CC2CC2)nn1CC(=O)N1CCc2nocc2C1. The molecule has 30 heavy (non-hydrogen) atoms. The van der Waals surface area contributed by atoms with Crippen LogP contribution in [-0.2, 0) is 37.1 Å². The van der Waals surface area contributed by atoms with Crippen molar-refractivity contribution in [2.45, 2.75) is 51.2 Å². The number of fused-ring (bicyclic) bond motifs is 1. The summed E-state index contributed by atoms with van der Waals surface area (Å²) in [6.07, 6.45) is 6.31. The van der Waals surface area contributed by atoms with Crippen LogP contribution in [0.1, 0.15) is 47.4 Å². The number of nitrogens with two attached hydrogens (primary N) is 1. The minimum absolute atomic E-state index is 0.0119. The Morgan fingerprint density at radius 3 is 2.90 bits per heavy atom. The van der Waals surface area contributed by atoms with Gasteiger partial charge in [-0.25, -0.2) is 9.67 Å². The summed E-state index contributed by atoms with van der Waals surface area (Å²) in [5.41, 5.74) is 9.58. The molecule has 1 aliphatic carbocycles. The van der Waals surface area contributed by atoms with E-state index in [1.807, 2.05) is 23.1 Å². The van der Waals surface area contributed by atoms with Gasteiger partial charge in [0.15, 0.2) is 5.82 Å². The molecule has 1 amide bonds. The number of amides is 1. The first-order valence-electron chi connectivity index (χ1n) is 10.6. The van der Waals surface area contributed by atoms with Gasteiger partial charge in [-0.3, -0.25) is 4.79 Å². The molecule has 1 unspecified atom stereocenters. The van der Waals surface area contributed by atoms with Crippen molar-refractivity contribution in [1.82, 2.24) is 24.8 Å². The van der Waals surface area contributed by atoms with Crippen molar-refractivity contribution in [3.8, 4) is 0 Å². The minimum Gasteiger partial charge on any atom is -0.364 e. The molecule has 1 aromatic carbocycles. The van der Waals surface area contributed by atoms with Gasteiger partial charge in [0.25, 0.3) is 0 Å². The lowest BCUT2D eigenvalue weighted by Crippen LogP contribution is -2.38. The van der Waals surface area contributed by atoms with Crippen LogP contribution in [-0.4, -0.2) is 37.3 Å². The molecular formula is C22H26N6O2. The zero-order chi connectivity index (χ0) is 20.5. The Kier molecular flexibility index (Phi) is 5.08. The van der Waals surface area contributed by atoms with Crippen LogP contribution in [0.25, 0.3) is 0 Å². The highest BCUT2D eigenvalue weighted by Crippen LogP contribution is 2.32. The molecule has 0 saturated heterocycles. The average molecular weight is 406 g/mol. The van der Waals surface area contributed by atoms with Crippen molar-refractivity contribution in [2.24, 2.45) is 11.7 Å². The number of carbonyl (C=O) groups is 1. The molecule has 1 atom stereocenters. The van der Waals surface area contributed by atoms with Crippen LogP contribution in [0.5, 0.6) is 0 Å². The second-order valence-corrected chi connectivity index (χ2v) is 8.34. The number of aromatic nitrogens is 4. The van der Waals surface area contributed by atoms with Gasteiger partial charge in [-0.15, -0.1) is 0 Å². The molecule has 1 aliphatic heterocycles. The number of benzene rings is 1. The van der Waals surface area contributed by atoms with Gasteiger partial charge in [-0.1, -0.05) is 35.5 Å². The highest BCUT2D eigenvalue weighted by atomic mass is 16.5. The fourth-order valence-corrected chi connectivity index (χ4v) is 4.00. The van der Waals surface area contributed by atoms with Crippen LogP contribution in [0.4, 0.5) is 0 Å². The molecule has 2 N–H and O–H groups in total. The van der Waals surface area contributed by atoms with Gasteiger partial charge in [0.2, 0.25) is 5.91 Å². The highest BCUT2D eigenvalue weighted by Gasteiger charge is 2.28. The van der Waals surface area contributed by atoms with Crippen LogP contribution in [0, 0.1) is 5.92 Å². The first-order valence-corrected chi connectivity index (χ1v) is 10.6. The Hall–Kier alpha value is -3.00. The minimum atomic E-state index is -0.313. The van der Waals surface area contributed by atoms with Gasteiger partial charge in [-0.2, -0.15) is 5.10 Å². The first kappa shape index (κ1) is 19.0. The monoisotopic (exact) mass is 406 g/mol. The number of hydrogen-bond acceptors (Lipinski definition) is 6. The van der Waals surface area contributed by atoms with E-state index in [4.69, 9.17) is 15.2 Å². The maximum atomic E-state index is 13.0. The Morgan fingerprint density at radius 1 is 1.27 bits per heavy atom. The second kappa shape index (κ2) is 8.02. The first-order chi connectivity index (χ1) is 14.7. The molecule has 0 bridgehead atoms. The summed E-state index contributed by atoms with van der Waals surface area (Å²) in [4.78, 5) is 19.6. The summed E-state index contributed by atoms with van der Waals surface area (Å²) in [6.45, 7) is 1.30. The van der Waals surface area contributed by atoms with Crippen LogP contribution in [0.2, 0.25) is 0 Å². The summed E-state index contributed by atoms with van der Waals surface area (Å²) in [5, 5.41) is 8.66. The highest BCUT2D eigenvalue weighted by molar-refractivity contribution is 5.76. The third kappa shape index (κ3) is 4.14. The number of nitrogens with zero attached hydrogens (tertiary/aromatic N) is 5. The molecule has 0 radical (unpaired) electrons. The molecule has 8 nitrogen and oxygen atoms in total. The predicted octanol–water partition coefficient (Wildman–Crippen LogP) is 2.05. The van der Waals surface area contributed by atoms with Crippen LogP contribution in [0.3, 0.4) is 0 Å². The summed E-state index contributed by atoms with van der Waals surface area (Å²) >= 11 is 0. The Balaban J connectivity index is 1.33. The van der Waals surface area contributed by atoms with Gasteiger partial charge in [0.05, 0.1) is 18.3 Å². The summed E-state index contributed by atoms with van der Waals surface area (Å²) in [7, 11) is 0. The molecule has 3 aromatic rings. The standard InChI is InChI=1S/C22H26N6O2/c23-18(10-15-4-2-1-3-5-15)22-24-20(11-16-6-7-16)25-28(22)13-21(29)27-9-8-19-17(12-27)14-30-26-19/h1-5,14,16,18H,6-13,23H2. The third-order valence-corrected chi connectivity index (χ3v) is 5.89. The van der Waals surface area contributed by atoms with E-state index in [2.05, 4.69) is 22.4 Å². The van der Waals surface area contributed by atoms with E-state index in [9.17, 15) is 4.79 Å². The normalized spacial score (nSPS) is 17.0. The van der Waals surface area contributed by atoms with E-state index in [0.717, 1.165) is 29.1 Å². The molecular weight excluding hydrogens is 380 g/mol. The molecule has 1 saturated carbocycles. The molecule has 0 spiro atoms. The van der Waals surface area contributed by atoms with Gasteiger partial charge >= 0.3 is 0 Å². The Labute approximate surface area is 175 Å². The molecule has 8 heteroatoms. The second-order valence-electron chi connectivity index (χ2n) is 8.34. The van der Waals surface area contributed by atoms with Crippen molar-refractivity contribution in [1.29, 1.82) is 0 Å². The van der Waals surface area contributed by atoms with Gasteiger partial charge in [0.1, 0.15) is 18.6 Å². The zero-order valence-electron chi connectivity index (χ0n) is 16.9. The van der Waals surface area contributed by atoms with E-state index in [1.165, 1.54) is 12.8 Å². The van der Waals surface area contributed by atoms with Crippen molar-refractivity contribution in [3.63, 3.8) is 0 Å². The zero-order valence-corrected chi connectivity index (χ0v) is 16.9.